The first kappa shape index (κ1) is 25.9. The van der Waals surface area contributed by atoms with E-state index in [2.05, 4.69) is 43.0 Å². The van der Waals surface area contributed by atoms with Crippen molar-refractivity contribution in [1.29, 1.82) is 0 Å². The first-order chi connectivity index (χ1) is 18.9. The number of benzene rings is 2. The van der Waals surface area contributed by atoms with Crippen molar-refractivity contribution in [3.05, 3.63) is 90.7 Å². The summed E-state index contributed by atoms with van der Waals surface area (Å²) in [6.45, 7) is 7.23. The number of nitrogens with two attached hydrogens (primary N) is 1. The first-order valence-corrected chi connectivity index (χ1v) is 12.6. The van der Waals surface area contributed by atoms with Gasteiger partial charge in [0, 0.05) is 41.6 Å². The maximum absolute atomic E-state index is 14.6. The van der Waals surface area contributed by atoms with Gasteiger partial charge in [0.05, 0.1) is 22.7 Å². The molecular weight excluding hydrogens is 491 g/mol. The highest BCUT2D eigenvalue weighted by Crippen LogP contribution is 2.33. The number of aromatic amines is 2. The Bertz CT molecular complexity index is 1720. The Labute approximate surface area is 226 Å². The zero-order valence-electron chi connectivity index (χ0n) is 22.2. The van der Waals surface area contributed by atoms with Crippen LogP contribution in [0.1, 0.15) is 12.5 Å². The highest BCUT2D eigenvalue weighted by molar-refractivity contribution is 5.98. The smallest absolute Gasteiger partial charge is 0.159 e. The topological polar surface area (TPSA) is 112 Å². The zero-order valence-corrected chi connectivity index (χ0v) is 22.2. The van der Waals surface area contributed by atoms with Crippen LogP contribution in [-0.4, -0.2) is 57.2 Å². The van der Waals surface area contributed by atoms with Crippen molar-refractivity contribution in [3.63, 3.8) is 0 Å². The van der Waals surface area contributed by atoms with Gasteiger partial charge in [-0.1, -0.05) is 18.7 Å². The number of hydrogen-bond donors (Lipinski definition) is 4. The molecule has 5 N–H and O–H groups in total. The fourth-order valence-electron chi connectivity index (χ4n) is 4.47. The molecule has 8 nitrogen and oxygen atoms in total. The van der Waals surface area contributed by atoms with Gasteiger partial charge in [0.25, 0.3) is 0 Å². The molecule has 0 fully saturated rings. The number of allylic oxidation sites excluding steroid dienone is 4. The summed E-state index contributed by atoms with van der Waals surface area (Å²) >= 11 is 0. The number of nitrogens with zero attached hydrogens (tertiary/aromatic N) is 4. The first-order valence-electron chi connectivity index (χ1n) is 12.6. The molecule has 2 aromatic carbocycles. The lowest BCUT2D eigenvalue weighted by Crippen LogP contribution is -2.20. The molecule has 0 bridgehead atoms. The molecule has 0 aliphatic rings. The van der Waals surface area contributed by atoms with Gasteiger partial charge in [-0.05, 0) is 80.2 Å². The highest BCUT2D eigenvalue weighted by Gasteiger charge is 2.17. The van der Waals surface area contributed by atoms with E-state index in [1.165, 1.54) is 12.1 Å². The van der Waals surface area contributed by atoms with E-state index in [0.29, 0.717) is 40.5 Å². The molecule has 0 aliphatic carbocycles. The molecule has 0 saturated heterocycles. The summed E-state index contributed by atoms with van der Waals surface area (Å²) in [7, 11) is 4.00. The molecule has 0 saturated carbocycles. The second-order valence-electron chi connectivity index (χ2n) is 9.55. The van der Waals surface area contributed by atoms with Gasteiger partial charge in [0.1, 0.15) is 11.5 Å². The Balaban J connectivity index is 1.55. The second kappa shape index (κ2) is 10.9. The van der Waals surface area contributed by atoms with Crippen LogP contribution < -0.4 is 11.1 Å². The van der Waals surface area contributed by atoms with Crippen molar-refractivity contribution in [2.45, 2.75) is 6.92 Å². The Hall–Kier alpha value is -4.76. The third-order valence-corrected chi connectivity index (χ3v) is 6.48. The predicted molar refractivity (Wildman–Crippen MR) is 158 cm³/mol. The van der Waals surface area contributed by atoms with E-state index in [4.69, 9.17) is 10.7 Å². The molecule has 9 heteroatoms. The number of anilines is 1. The molecule has 3 aromatic heterocycles. The van der Waals surface area contributed by atoms with Gasteiger partial charge >= 0.3 is 0 Å². The van der Waals surface area contributed by atoms with E-state index in [0.717, 1.165) is 39.7 Å². The summed E-state index contributed by atoms with van der Waals surface area (Å²) in [5, 5.41) is 11.8. The largest absolute Gasteiger partial charge is 0.399 e. The number of pyridine rings is 1. The summed E-state index contributed by atoms with van der Waals surface area (Å²) in [6.07, 6.45) is 8.92. The summed E-state index contributed by atoms with van der Waals surface area (Å²) in [5.74, 6) is 0.260. The van der Waals surface area contributed by atoms with Crippen molar-refractivity contribution in [1.82, 2.24) is 30.0 Å². The van der Waals surface area contributed by atoms with Gasteiger partial charge in [-0.3, -0.25) is 10.1 Å². The predicted octanol–water partition coefficient (Wildman–Crippen LogP) is 5.71. The molecule has 0 radical (unpaired) electrons. The Morgan fingerprint density at radius 1 is 1.15 bits per heavy atom. The van der Waals surface area contributed by atoms with Crippen LogP contribution in [0.2, 0.25) is 0 Å². The quantitative estimate of drug-likeness (QED) is 0.185. The minimum atomic E-state index is -0.329. The number of nitrogens with one attached hydrogen (secondary N) is 3. The van der Waals surface area contributed by atoms with E-state index in [9.17, 15) is 4.39 Å². The Morgan fingerprint density at radius 2 is 2.00 bits per heavy atom. The van der Waals surface area contributed by atoms with Crippen LogP contribution in [0.4, 0.5) is 10.1 Å². The lowest BCUT2D eigenvalue weighted by atomic mass is 10.0. The molecule has 0 atom stereocenters. The maximum atomic E-state index is 14.6. The maximum Gasteiger partial charge on any atom is 0.159 e. The van der Waals surface area contributed by atoms with Crippen molar-refractivity contribution >= 4 is 33.2 Å². The van der Waals surface area contributed by atoms with Crippen molar-refractivity contribution in [2.24, 2.45) is 5.73 Å². The molecule has 3 heterocycles. The average molecular weight is 523 g/mol. The minimum absolute atomic E-state index is 0.329. The molecule has 5 rings (SSSR count). The van der Waals surface area contributed by atoms with Gasteiger partial charge in [-0.25, -0.2) is 9.37 Å². The van der Waals surface area contributed by atoms with Crippen molar-refractivity contribution in [2.75, 3.05) is 32.5 Å². The Kier molecular flexibility index (Phi) is 7.25. The molecule has 5 aromatic rings. The van der Waals surface area contributed by atoms with E-state index < -0.39 is 0 Å². The van der Waals surface area contributed by atoms with Crippen LogP contribution in [0.25, 0.3) is 50.2 Å². The SMILES string of the molecule is C=C/C(N)=C\C(=C/C)c1ccc2[nH]nc(-c3nc4c(-c5cc(F)cc(NCCN(C)C)c5)cncc4[nH]3)c2c1. The number of halogens is 1. The number of H-pyrrole nitrogens is 2. The minimum Gasteiger partial charge on any atom is -0.399 e. The van der Waals surface area contributed by atoms with Crippen LogP contribution in [-0.2, 0) is 0 Å². The van der Waals surface area contributed by atoms with Gasteiger partial charge in [-0.15, -0.1) is 0 Å². The molecule has 39 heavy (non-hydrogen) atoms. The van der Waals surface area contributed by atoms with Crippen LogP contribution >= 0.6 is 0 Å². The number of aromatic nitrogens is 5. The van der Waals surface area contributed by atoms with Crippen LogP contribution in [0, 0.1) is 5.82 Å². The van der Waals surface area contributed by atoms with E-state index in [-0.39, 0.29) is 5.82 Å². The highest BCUT2D eigenvalue weighted by atomic mass is 19.1. The summed E-state index contributed by atoms with van der Waals surface area (Å²) in [4.78, 5) is 14.7. The number of hydrogen-bond acceptors (Lipinski definition) is 6. The van der Waals surface area contributed by atoms with Gasteiger partial charge in [0.2, 0.25) is 0 Å². The number of likely N-dealkylation sites (N-methyl/N-ethyl adjacent to an activating group) is 1. The fourth-order valence-corrected chi connectivity index (χ4v) is 4.47. The number of imidazole rings is 1. The fraction of sp³-hybridized carbons (Fsp3) is 0.167. The van der Waals surface area contributed by atoms with Crippen LogP contribution in [0.3, 0.4) is 0 Å². The standard InChI is InChI=1S/C30H31FN8/c1-5-18(12-22(32)6-2)19-7-8-26-24(14-19)29(38-37-26)30-35-27-17-33-16-25(28(27)36-30)20-11-21(31)15-23(13-20)34-9-10-39(3)4/h5-8,11-17,34H,2,9-10,32H2,1,3-4H3,(H,35,36)(H,37,38)/b18-5+,22-12+. The Morgan fingerprint density at radius 3 is 2.77 bits per heavy atom. The van der Waals surface area contributed by atoms with Gasteiger partial charge < -0.3 is 20.9 Å². The molecule has 0 spiro atoms. The average Bonchev–Trinajstić information content (AvgIpc) is 3.54. The summed E-state index contributed by atoms with van der Waals surface area (Å²) in [6, 6.07) is 11.0. The normalized spacial score (nSPS) is 12.5. The molecule has 0 amide bonds. The zero-order chi connectivity index (χ0) is 27.5. The lowest BCUT2D eigenvalue weighted by molar-refractivity contribution is 0.425. The lowest BCUT2D eigenvalue weighted by Gasteiger charge is -2.12. The van der Waals surface area contributed by atoms with Crippen LogP contribution in [0.15, 0.2) is 79.3 Å². The monoisotopic (exact) mass is 522 g/mol. The third-order valence-electron chi connectivity index (χ3n) is 6.48. The van der Waals surface area contributed by atoms with E-state index in [1.807, 2.05) is 51.4 Å². The second-order valence-corrected chi connectivity index (χ2v) is 9.55. The van der Waals surface area contributed by atoms with Crippen molar-refractivity contribution < 1.29 is 4.39 Å². The molecule has 198 valence electrons. The van der Waals surface area contributed by atoms with Crippen LogP contribution in [0.5, 0.6) is 0 Å². The summed E-state index contributed by atoms with van der Waals surface area (Å²) in [5.41, 5.74) is 13.6. The molecule has 0 unspecified atom stereocenters. The molecule has 0 aliphatic heterocycles. The van der Waals surface area contributed by atoms with Gasteiger partial charge in [-0.2, -0.15) is 5.10 Å². The number of fused-ring (bicyclic) bond motifs is 2. The third kappa shape index (κ3) is 5.44. The van der Waals surface area contributed by atoms with Crippen molar-refractivity contribution in [3.8, 4) is 22.6 Å². The number of rotatable bonds is 9. The van der Waals surface area contributed by atoms with E-state index >= 15 is 0 Å². The van der Waals surface area contributed by atoms with Gasteiger partial charge in [0.15, 0.2) is 5.82 Å². The summed E-state index contributed by atoms with van der Waals surface area (Å²) < 4.78 is 14.6. The van der Waals surface area contributed by atoms with E-state index in [1.54, 1.807) is 18.5 Å². The molecular formula is C30H31FN8.